The molecule has 1 N–H and O–H groups in total. The van der Waals surface area contributed by atoms with Crippen LogP contribution in [0.3, 0.4) is 0 Å². The Balaban J connectivity index is 1.85. The lowest BCUT2D eigenvalue weighted by molar-refractivity contribution is 0.0972. The zero-order chi connectivity index (χ0) is 12.5. The fraction of sp³-hybridized carbons (Fsp3) is 0.429. The molecule has 2 heterocycles. The molecule has 3 rings (SSSR count). The molecule has 18 heavy (non-hydrogen) atoms. The maximum Gasteiger partial charge on any atom is 0.164 e. The zero-order valence-electron chi connectivity index (χ0n) is 10.6. The molecule has 94 valence electrons. The van der Waals surface area contributed by atoms with E-state index < -0.39 is 0 Å². The van der Waals surface area contributed by atoms with Gasteiger partial charge in [-0.1, -0.05) is 0 Å². The second kappa shape index (κ2) is 4.44. The van der Waals surface area contributed by atoms with Gasteiger partial charge in [0.15, 0.2) is 5.78 Å². The first-order valence-corrected chi connectivity index (χ1v) is 6.46. The quantitative estimate of drug-likeness (QED) is 0.899. The van der Waals surface area contributed by atoms with E-state index in [1.807, 2.05) is 12.3 Å². The second-order valence-electron chi connectivity index (χ2n) is 4.86. The van der Waals surface area contributed by atoms with Crippen LogP contribution in [0.5, 0.6) is 0 Å². The summed E-state index contributed by atoms with van der Waals surface area (Å²) >= 11 is 0. The number of hydrogen-bond donors (Lipinski definition) is 1. The summed E-state index contributed by atoms with van der Waals surface area (Å²) in [5.41, 5.74) is 3.34. The Kier molecular flexibility index (Phi) is 2.78. The minimum Gasteiger partial charge on any atom is -0.349 e. The summed E-state index contributed by atoms with van der Waals surface area (Å²) < 4.78 is 2.27. The number of nitrogens with zero attached hydrogens (tertiary/aromatic N) is 2. The van der Waals surface area contributed by atoms with Gasteiger partial charge in [0.2, 0.25) is 0 Å². The van der Waals surface area contributed by atoms with Crippen LogP contribution >= 0.6 is 0 Å². The number of hydrogen-bond acceptors (Lipinski definition) is 2. The molecule has 0 aliphatic heterocycles. The van der Waals surface area contributed by atoms with Gasteiger partial charge in [-0.3, -0.25) is 4.79 Å². The first kappa shape index (κ1) is 11.3. The van der Waals surface area contributed by atoms with Gasteiger partial charge < -0.3 is 9.55 Å². The van der Waals surface area contributed by atoms with Gasteiger partial charge in [-0.05, 0) is 25.8 Å². The highest BCUT2D eigenvalue weighted by molar-refractivity contribution is 5.98. The van der Waals surface area contributed by atoms with Crippen LogP contribution in [0, 0.1) is 6.92 Å². The number of carbonyl (C=O) groups excluding carboxylic acids is 1. The first-order valence-electron chi connectivity index (χ1n) is 6.46. The lowest BCUT2D eigenvalue weighted by Gasteiger charge is -2.15. The molecule has 0 spiro atoms. The molecule has 2 aromatic rings. The average molecular weight is 243 g/mol. The van der Waals surface area contributed by atoms with E-state index in [9.17, 15) is 4.79 Å². The predicted molar refractivity (Wildman–Crippen MR) is 68.7 cm³/mol. The number of H-pyrrole nitrogens is 1. The number of Topliss-reactive ketones (excluding diaryl/α,β-unsaturated/α-hetero) is 1. The molecule has 4 heteroatoms. The molecule has 0 bridgehead atoms. The van der Waals surface area contributed by atoms with Gasteiger partial charge in [0.05, 0.1) is 0 Å². The third kappa shape index (κ3) is 1.88. The molecule has 1 aliphatic rings. The lowest BCUT2D eigenvalue weighted by Crippen LogP contribution is -2.14. The Morgan fingerprint density at radius 1 is 1.44 bits per heavy atom. The topological polar surface area (TPSA) is 50.7 Å². The third-order valence-corrected chi connectivity index (χ3v) is 3.66. The van der Waals surface area contributed by atoms with Crippen molar-refractivity contribution in [1.82, 2.24) is 14.5 Å². The van der Waals surface area contributed by atoms with E-state index in [0.717, 1.165) is 37.2 Å². The van der Waals surface area contributed by atoms with E-state index in [1.165, 1.54) is 11.4 Å². The molecule has 0 saturated carbocycles. The van der Waals surface area contributed by atoms with E-state index in [-0.39, 0.29) is 0 Å². The molecular weight excluding hydrogens is 226 g/mol. The molecule has 0 amide bonds. The zero-order valence-corrected chi connectivity index (χ0v) is 10.6. The summed E-state index contributed by atoms with van der Waals surface area (Å²) in [7, 11) is 0. The average Bonchev–Trinajstić information content (AvgIpc) is 2.95. The highest BCUT2D eigenvalue weighted by Gasteiger charge is 2.22. The van der Waals surface area contributed by atoms with Crippen molar-refractivity contribution in [3.63, 3.8) is 0 Å². The van der Waals surface area contributed by atoms with Crippen LogP contribution < -0.4 is 0 Å². The molecule has 4 nitrogen and oxygen atoms in total. The normalized spacial score (nSPS) is 14.8. The van der Waals surface area contributed by atoms with Crippen LogP contribution in [0.2, 0.25) is 0 Å². The molecule has 0 aromatic carbocycles. The van der Waals surface area contributed by atoms with Crippen molar-refractivity contribution < 1.29 is 4.79 Å². The molecule has 0 fully saturated rings. The standard InChI is InChI=1S/C14H17N3O/c1-10-9-11-12(3-2-4-13(11)18)17(10)8-5-14-15-6-7-16-14/h6-7,9H,2-5,8H2,1H3,(H,15,16). The Morgan fingerprint density at radius 2 is 2.33 bits per heavy atom. The number of carbonyl (C=O) groups is 1. The summed E-state index contributed by atoms with van der Waals surface area (Å²) in [4.78, 5) is 19.2. The highest BCUT2D eigenvalue weighted by Crippen LogP contribution is 2.25. The van der Waals surface area contributed by atoms with E-state index in [1.54, 1.807) is 6.20 Å². The van der Waals surface area contributed by atoms with E-state index >= 15 is 0 Å². The van der Waals surface area contributed by atoms with Crippen molar-refractivity contribution in [2.24, 2.45) is 0 Å². The number of imidazole rings is 1. The van der Waals surface area contributed by atoms with Crippen LogP contribution in [0.4, 0.5) is 0 Å². The van der Waals surface area contributed by atoms with Gasteiger partial charge in [0.1, 0.15) is 5.82 Å². The van der Waals surface area contributed by atoms with Crippen LogP contribution in [-0.2, 0) is 19.4 Å². The van der Waals surface area contributed by atoms with Gasteiger partial charge in [-0.15, -0.1) is 0 Å². The summed E-state index contributed by atoms with van der Waals surface area (Å²) in [5, 5.41) is 0. The van der Waals surface area contributed by atoms with E-state index in [0.29, 0.717) is 12.2 Å². The summed E-state index contributed by atoms with van der Waals surface area (Å²) in [6.45, 7) is 2.97. The summed E-state index contributed by atoms with van der Waals surface area (Å²) in [5.74, 6) is 1.30. The van der Waals surface area contributed by atoms with E-state index in [2.05, 4.69) is 21.5 Å². The lowest BCUT2D eigenvalue weighted by atomic mass is 9.96. The minimum absolute atomic E-state index is 0.302. The molecule has 0 saturated heterocycles. The van der Waals surface area contributed by atoms with Crippen molar-refractivity contribution in [2.45, 2.75) is 39.2 Å². The summed E-state index contributed by atoms with van der Waals surface area (Å²) in [6.07, 6.45) is 7.20. The van der Waals surface area contributed by atoms with Crippen LogP contribution in [-0.4, -0.2) is 20.3 Å². The smallest absolute Gasteiger partial charge is 0.164 e. The fourth-order valence-corrected chi connectivity index (χ4v) is 2.75. The maximum atomic E-state index is 11.9. The van der Waals surface area contributed by atoms with Crippen molar-refractivity contribution in [3.8, 4) is 0 Å². The Labute approximate surface area is 106 Å². The third-order valence-electron chi connectivity index (χ3n) is 3.66. The second-order valence-corrected chi connectivity index (χ2v) is 4.86. The van der Waals surface area contributed by atoms with Gasteiger partial charge in [-0.25, -0.2) is 4.98 Å². The highest BCUT2D eigenvalue weighted by atomic mass is 16.1. The number of rotatable bonds is 3. The van der Waals surface area contributed by atoms with Crippen molar-refractivity contribution in [2.75, 3.05) is 0 Å². The predicted octanol–water partition coefficient (Wildman–Crippen LogP) is 2.28. The number of aromatic nitrogens is 3. The molecule has 0 radical (unpaired) electrons. The number of fused-ring (bicyclic) bond motifs is 1. The Morgan fingerprint density at radius 3 is 3.11 bits per heavy atom. The van der Waals surface area contributed by atoms with Gasteiger partial charge >= 0.3 is 0 Å². The molecule has 0 unspecified atom stereocenters. The summed E-state index contributed by atoms with van der Waals surface area (Å²) in [6, 6.07) is 2.04. The SMILES string of the molecule is Cc1cc2c(n1CCc1ncc[nH]1)CCCC2=O. The monoisotopic (exact) mass is 243 g/mol. The van der Waals surface area contributed by atoms with Crippen molar-refractivity contribution in [3.05, 3.63) is 41.2 Å². The van der Waals surface area contributed by atoms with Gasteiger partial charge in [-0.2, -0.15) is 0 Å². The molecule has 0 atom stereocenters. The molecular formula is C14H17N3O. The van der Waals surface area contributed by atoms with Crippen molar-refractivity contribution in [1.29, 1.82) is 0 Å². The van der Waals surface area contributed by atoms with Crippen LogP contribution in [0.25, 0.3) is 0 Å². The maximum absolute atomic E-state index is 11.9. The fourth-order valence-electron chi connectivity index (χ4n) is 2.75. The number of aryl methyl sites for hydroxylation is 2. The van der Waals surface area contributed by atoms with Crippen molar-refractivity contribution >= 4 is 5.78 Å². The molecule has 2 aromatic heterocycles. The molecule has 1 aliphatic carbocycles. The largest absolute Gasteiger partial charge is 0.349 e. The number of aromatic amines is 1. The Hall–Kier alpha value is -1.84. The Bertz CT molecular complexity index is 566. The van der Waals surface area contributed by atoms with Gasteiger partial charge in [0, 0.05) is 48.7 Å². The number of ketones is 1. The van der Waals surface area contributed by atoms with Crippen LogP contribution in [0.1, 0.15) is 40.4 Å². The van der Waals surface area contributed by atoms with Crippen LogP contribution in [0.15, 0.2) is 18.5 Å². The first-order chi connectivity index (χ1) is 8.75. The minimum atomic E-state index is 0.302. The van der Waals surface area contributed by atoms with E-state index in [4.69, 9.17) is 0 Å². The number of nitrogens with one attached hydrogen (secondary N) is 1. The van der Waals surface area contributed by atoms with Gasteiger partial charge in [0.25, 0.3) is 0 Å².